The van der Waals surface area contributed by atoms with Crippen LogP contribution < -0.4 is 10.5 Å². The fourth-order valence-electron chi connectivity index (χ4n) is 8.84. The van der Waals surface area contributed by atoms with Crippen molar-refractivity contribution in [3.63, 3.8) is 0 Å². The van der Waals surface area contributed by atoms with E-state index in [2.05, 4.69) is 192 Å². The third-order valence-corrected chi connectivity index (χ3v) is 14.6. The van der Waals surface area contributed by atoms with Crippen molar-refractivity contribution in [3.8, 4) is 45.1 Å². The maximum absolute atomic E-state index is 5.55. The highest BCUT2D eigenvalue weighted by molar-refractivity contribution is 7.03. The minimum absolute atomic E-state index is 0.765. The Kier molecular flexibility index (Phi) is 6.37. The van der Waals surface area contributed by atoms with E-state index < -0.39 is 8.07 Å². The van der Waals surface area contributed by atoms with Crippen molar-refractivity contribution in [2.45, 2.75) is 13.1 Å². The van der Waals surface area contributed by atoms with Gasteiger partial charge in [0.2, 0.25) is 0 Å². The summed E-state index contributed by atoms with van der Waals surface area (Å²) in [6, 6.07) is 61.3. The second kappa shape index (κ2) is 11.2. The van der Waals surface area contributed by atoms with Gasteiger partial charge < -0.3 is 9.13 Å². The standard InChI is InChI=1S/C48H34N4Si/c1-53(2)44-26-13-9-22-39(44)45-46(31-15-14-18-34(29-31)52-41-24-11-6-19-35(41)36-20-7-12-25-42(36)52)49-47(50-48(45)53)32-27-28-38-37-21-8-10-23-40(37)51(43(38)30-32)33-16-4-3-5-17-33/h3-30H,1-2H3. The molecule has 1 aliphatic rings. The average Bonchev–Trinajstić information content (AvgIpc) is 3.81. The molecule has 0 amide bonds. The first-order valence-corrected chi connectivity index (χ1v) is 21.3. The monoisotopic (exact) mass is 694 g/mol. The Hall–Kier alpha value is -6.56. The van der Waals surface area contributed by atoms with Gasteiger partial charge in [-0.25, -0.2) is 9.97 Å². The van der Waals surface area contributed by atoms with Crippen molar-refractivity contribution < 1.29 is 0 Å². The molecule has 5 heteroatoms. The number of para-hydroxylation sites is 4. The molecule has 3 aromatic heterocycles. The molecule has 0 N–H and O–H groups in total. The summed E-state index contributed by atoms with van der Waals surface area (Å²) in [4.78, 5) is 11.1. The summed E-state index contributed by atoms with van der Waals surface area (Å²) >= 11 is 0. The third kappa shape index (κ3) is 4.35. The lowest BCUT2D eigenvalue weighted by Gasteiger charge is -2.19. The van der Waals surface area contributed by atoms with Gasteiger partial charge in [-0.15, -0.1) is 0 Å². The van der Waals surface area contributed by atoms with Crippen LogP contribution in [0.25, 0.3) is 88.8 Å². The topological polar surface area (TPSA) is 35.6 Å². The number of rotatable bonds is 4. The summed E-state index contributed by atoms with van der Waals surface area (Å²) in [7, 11) is -2.15. The summed E-state index contributed by atoms with van der Waals surface area (Å²) in [5.41, 5.74) is 12.5. The number of aromatic nitrogens is 4. The van der Waals surface area contributed by atoms with Crippen LogP contribution >= 0.6 is 0 Å². The highest BCUT2D eigenvalue weighted by Crippen LogP contribution is 2.40. The molecule has 0 unspecified atom stereocenters. The summed E-state index contributed by atoms with van der Waals surface area (Å²) in [6.45, 7) is 4.87. The van der Waals surface area contributed by atoms with Crippen LogP contribution in [-0.4, -0.2) is 27.2 Å². The zero-order valence-corrected chi connectivity index (χ0v) is 30.5. The molecule has 0 saturated carbocycles. The Morgan fingerprint density at radius 1 is 0.434 bits per heavy atom. The van der Waals surface area contributed by atoms with E-state index in [4.69, 9.17) is 9.97 Å². The first kappa shape index (κ1) is 30.1. The number of nitrogens with zero attached hydrogens (tertiary/aromatic N) is 4. The quantitative estimate of drug-likeness (QED) is 0.172. The van der Waals surface area contributed by atoms with Gasteiger partial charge >= 0.3 is 0 Å². The molecule has 0 bridgehead atoms. The number of hydrogen-bond donors (Lipinski definition) is 0. The molecule has 0 fully saturated rings. The molecule has 11 rings (SSSR count). The fourth-order valence-corrected chi connectivity index (χ4v) is 11.8. The fraction of sp³-hybridized carbons (Fsp3) is 0.0417. The summed E-state index contributed by atoms with van der Waals surface area (Å²) in [6.07, 6.45) is 0. The molecule has 10 aromatic rings. The lowest BCUT2D eigenvalue weighted by Crippen LogP contribution is -2.50. The van der Waals surface area contributed by atoms with Crippen molar-refractivity contribution in [2.24, 2.45) is 0 Å². The Labute approximate surface area is 308 Å². The number of hydrogen-bond acceptors (Lipinski definition) is 2. The van der Waals surface area contributed by atoms with E-state index in [1.54, 1.807) is 0 Å². The van der Waals surface area contributed by atoms with Crippen LogP contribution in [0.2, 0.25) is 13.1 Å². The van der Waals surface area contributed by atoms with Gasteiger partial charge in [-0.2, -0.15) is 0 Å². The normalized spacial score (nSPS) is 13.2. The maximum atomic E-state index is 5.55. The highest BCUT2D eigenvalue weighted by atomic mass is 28.3. The van der Waals surface area contributed by atoms with E-state index in [-0.39, 0.29) is 0 Å². The van der Waals surface area contributed by atoms with Gasteiger partial charge in [0.25, 0.3) is 0 Å². The van der Waals surface area contributed by atoms with E-state index >= 15 is 0 Å². The lowest BCUT2D eigenvalue weighted by molar-refractivity contribution is 1.17. The van der Waals surface area contributed by atoms with Gasteiger partial charge in [0.15, 0.2) is 5.82 Å². The van der Waals surface area contributed by atoms with E-state index in [1.165, 1.54) is 59.7 Å². The summed E-state index contributed by atoms with van der Waals surface area (Å²) in [5.74, 6) is 0.765. The zero-order valence-electron chi connectivity index (χ0n) is 29.5. The Morgan fingerprint density at radius 3 is 1.70 bits per heavy atom. The largest absolute Gasteiger partial charge is 0.309 e. The first-order valence-electron chi connectivity index (χ1n) is 18.3. The molecule has 4 nitrogen and oxygen atoms in total. The molecule has 0 atom stereocenters. The molecule has 250 valence electrons. The predicted molar refractivity (Wildman–Crippen MR) is 224 cm³/mol. The molecular weight excluding hydrogens is 661 g/mol. The van der Waals surface area contributed by atoms with Gasteiger partial charge in [0.1, 0.15) is 8.07 Å². The van der Waals surface area contributed by atoms with E-state index in [9.17, 15) is 0 Å². The van der Waals surface area contributed by atoms with Crippen molar-refractivity contribution in [1.82, 2.24) is 19.1 Å². The van der Waals surface area contributed by atoms with Crippen molar-refractivity contribution in [2.75, 3.05) is 0 Å². The molecule has 53 heavy (non-hydrogen) atoms. The second-order valence-electron chi connectivity index (χ2n) is 14.6. The Balaban J connectivity index is 1.17. The first-order chi connectivity index (χ1) is 26.1. The Morgan fingerprint density at radius 2 is 1.00 bits per heavy atom. The van der Waals surface area contributed by atoms with Crippen LogP contribution in [0.5, 0.6) is 0 Å². The van der Waals surface area contributed by atoms with Crippen LogP contribution in [0.15, 0.2) is 170 Å². The van der Waals surface area contributed by atoms with Crippen LogP contribution in [0.3, 0.4) is 0 Å². The maximum Gasteiger partial charge on any atom is 0.159 e. The van der Waals surface area contributed by atoms with Crippen LogP contribution in [0, 0.1) is 0 Å². The summed E-state index contributed by atoms with van der Waals surface area (Å²) in [5, 5.41) is 7.58. The van der Waals surface area contributed by atoms with Crippen LogP contribution in [-0.2, 0) is 0 Å². The van der Waals surface area contributed by atoms with Crippen molar-refractivity contribution >= 4 is 62.2 Å². The summed E-state index contributed by atoms with van der Waals surface area (Å²) < 4.78 is 4.76. The van der Waals surface area contributed by atoms with E-state index in [0.29, 0.717) is 0 Å². The molecule has 0 saturated heterocycles. The third-order valence-electron chi connectivity index (χ3n) is 11.3. The number of benzene rings is 7. The molecule has 0 aliphatic carbocycles. The zero-order chi connectivity index (χ0) is 35.3. The minimum atomic E-state index is -2.15. The second-order valence-corrected chi connectivity index (χ2v) is 18.9. The average molecular weight is 695 g/mol. The van der Waals surface area contributed by atoms with Gasteiger partial charge in [-0.1, -0.05) is 134 Å². The van der Waals surface area contributed by atoms with Gasteiger partial charge in [0.05, 0.1) is 27.8 Å². The number of fused-ring (bicyclic) bond motifs is 9. The van der Waals surface area contributed by atoms with E-state index in [1.807, 2.05) is 0 Å². The van der Waals surface area contributed by atoms with Gasteiger partial charge in [0, 0.05) is 54.9 Å². The van der Waals surface area contributed by atoms with Crippen LogP contribution in [0.1, 0.15) is 0 Å². The van der Waals surface area contributed by atoms with Gasteiger partial charge in [-0.3, -0.25) is 0 Å². The van der Waals surface area contributed by atoms with Crippen molar-refractivity contribution in [3.05, 3.63) is 170 Å². The van der Waals surface area contributed by atoms with E-state index in [0.717, 1.165) is 39.5 Å². The highest BCUT2D eigenvalue weighted by Gasteiger charge is 2.41. The van der Waals surface area contributed by atoms with Crippen LogP contribution in [0.4, 0.5) is 0 Å². The Bertz CT molecular complexity index is 3040. The smallest absolute Gasteiger partial charge is 0.159 e. The molecule has 0 radical (unpaired) electrons. The lowest BCUT2D eigenvalue weighted by atomic mass is 10.00. The molecule has 7 aromatic carbocycles. The minimum Gasteiger partial charge on any atom is -0.309 e. The van der Waals surface area contributed by atoms with Crippen molar-refractivity contribution in [1.29, 1.82) is 0 Å². The molecular formula is C48H34N4Si. The molecule has 4 heterocycles. The predicted octanol–water partition coefficient (Wildman–Crippen LogP) is 10.8. The SMILES string of the molecule is C[Si]1(C)c2ccccc2-c2c(-c3cccc(-n4c5ccccc5c5ccccc54)c3)nc(-c3ccc4c5ccccc5n(-c5ccccc5)c4c3)nc21. The van der Waals surface area contributed by atoms with Gasteiger partial charge in [-0.05, 0) is 59.3 Å². The molecule has 0 spiro atoms. The molecule has 1 aliphatic heterocycles.